The van der Waals surface area contributed by atoms with Crippen LogP contribution in [0.25, 0.3) is 0 Å². The third-order valence-corrected chi connectivity index (χ3v) is 3.15. The second-order valence-corrected chi connectivity index (χ2v) is 4.82. The summed E-state index contributed by atoms with van der Waals surface area (Å²) in [7, 11) is 0. The molecule has 0 heterocycles. The van der Waals surface area contributed by atoms with Crippen molar-refractivity contribution in [3.05, 3.63) is 35.4 Å². The first-order valence-electron chi connectivity index (χ1n) is 6.11. The molecule has 0 saturated carbocycles. The standard InChI is InChI=1S/C14H21N/c1-11(2)15-14-10-6-4-8-12-7-3-5-9-13(12)14/h3,5,7,9,11,14-15H,4,6,8,10H2,1-2H3/t14-/m1/s1. The molecule has 0 fully saturated rings. The molecule has 1 aromatic rings. The Morgan fingerprint density at radius 2 is 2.00 bits per heavy atom. The molecular formula is C14H21N. The van der Waals surface area contributed by atoms with Crippen LogP contribution in [-0.2, 0) is 6.42 Å². The zero-order valence-electron chi connectivity index (χ0n) is 9.79. The van der Waals surface area contributed by atoms with Gasteiger partial charge in [-0.25, -0.2) is 0 Å². The highest BCUT2D eigenvalue weighted by molar-refractivity contribution is 5.31. The highest BCUT2D eigenvalue weighted by Gasteiger charge is 2.18. The van der Waals surface area contributed by atoms with Crippen LogP contribution in [0.1, 0.15) is 50.3 Å². The predicted octanol–water partition coefficient (Wildman–Crippen LogP) is 3.45. The van der Waals surface area contributed by atoms with Crippen molar-refractivity contribution < 1.29 is 0 Å². The van der Waals surface area contributed by atoms with E-state index in [1.807, 2.05) is 0 Å². The second kappa shape index (κ2) is 4.80. The summed E-state index contributed by atoms with van der Waals surface area (Å²) in [6.45, 7) is 4.46. The van der Waals surface area contributed by atoms with Gasteiger partial charge in [-0.15, -0.1) is 0 Å². The van der Waals surface area contributed by atoms with E-state index >= 15 is 0 Å². The van der Waals surface area contributed by atoms with Crippen molar-refractivity contribution in [1.82, 2.24) is 5.32 Å². The van der Waals surface area contributed by atoms with Gasteiger partial charge in [0.05, 0.1) is 0 Å². The fourth-order valence-electron chi connectivity index (χ4n) is 2.50. The largest absolute Gasteiger partial charge is 0.308 e. The Hall–Kier alpha value is -0.820. The lowest BCUT2D eigenvalue weighted by Gasteiger charge is -2.21. The molecule has 0 radical (unpaired) electrons. The third kappa shape index (κ3) is 2.60. The van der Waals surface area contributed by atoms with Gasteiger partial charge in [0.15, 0.2) is 0 Å². The molecule has 1 N–H and O–H groups in total. The van der Waals surface area contributed by atoms with Crippen LogP contribution in [0.2, 0.25) is 0 Å². The molecule has 1 heteroatoms. The number of benzene rings is 1. The van der Waals surface area contributed by atoms with E-state index in [-0.39, 0.29) is 0 Å². The minimum atomic E-state index is 0.571. The number of hydrogen-bond acceptors (Lipinski definition) is 1. The molecule has 15 heavy (non-hydrogen) atoms. The number of aryl methyl sites for hydroxylation is 1. The number of hydrogen-bond donors (Lipinski definition) is 1. The first-order chi connectivity index (χ1) is 7.27. The van der Waals surface area contributed by atoms with Gasteiger partial charge in [0.2, 0.25) is 0 Å². The quantitative estimate of drug-likeness (QED) is 0.726. The van der Waals surface area contributed by atoms with E-state index in [0.29, 0.717) is 12.1 Å². The maximum absolute atomic E-state index is 3.68. The molecule has 1 nitrogen and oxygen atoms in total. The van der Waals surface area contributed by atoms with Crippen LogP contribution in [0.3, 0.4) is 0 Å². The summed E-state index contributed by atoms with van der Waals surface area (Å²) in [6, 6.07) is 10.1. The molecule has 0 amide bonds. The molecule has 0 aromatic heterocycles. The molecule has 1 aromatic carbocycles. The normalized spacial score (nSPS) is 21.1. The van der Waals surface area contributed by atoms with E-state index < -0.39 is 0 Å². The molecule has 0 bridgehead atoms. The zero-order chi connectivity index (χ0) is 10.7. The minimum absolute atomic E-state index is 0.571. The molecular weight excluding hydrogens is 182 g/mol. The van der Waals surface area contributed by atoms with E-state index in [0.717, 1.165) is 0 Å². The first kappa shape index (κ1) is 10.7. The number of fused-ring (bicyclic) bond motifs is 1. The summed E-state index contributed by atoms with van der Waals surface area (Å²) in [5.41, 5.74) is 3.08. The smallest absolute Gasteiger partial charge is 0.0325 e. The van der Waals surface area contributed by atoms with Gasteiger partial charge in [0.1, 0.15) is 0 Å². The highest BCUT2D eigenvalue weighted by atomic mass is 14.9. The van der Waals surface area contributed by atoms with Gasteiger partial charge >= 0.3 is 0 Å². The van der Waals surface area contributed by atoms with E-state index in [9.17, 15) is 0 Å². The maximum Gasteiger partial charge on any atom is 0.0325 e. The lowest BCUT2D eigenvalue weighted by molar-refractivity contribution is 0.446. The molecule has 0 aliphatic heterocycles. The molecule has 1 aliphatic rings. The fourth-order valence-corrected chi connectivity index (χ4v) is 2.50. The Bertz CT molecular complexity index is 317. The van der Waals surface area contributed by atoms with Crippen molar-refractivity contribution in [2.24, 2.45) is 0 Å². The average Bonchev–Trinajstić information content (AvgIpc) is 2.41. The Kier molecular flexibility index (Phi) is 3.42. The van der Waals surface area contributed by atoms with Crippen LogP contribution in [0.15, 0.2) is 24.3 Å². The molecule has 0 spiro atoms. The van der Waals surface area contributed by atoms with Gasteiger partial charge in [0, 0.05) is 12.1 Å². The van der Waals surface area contributed by atoms with Crippen molar-refractivity contribution in [3.8, 4) is 0 Å². The Morgan fingerprint density at radius 1 is 1.20 bits per heavy atom. The van der Waals surface area contributed by atoms with E-state index in [2.05, 4.69) is 43.4 Å². The van der Waals surface area contributed by atoms with Gasteiger partial charge in [0.25, 0.3) is 0 Å². The summed E-state index contributed by atoms with van der Waals surface area (Å²) < 4.78 is 0. The monoisotopic (exact) mass is 203 g/mol. The van der Waals surface area contributed by atoms with Crippen molar-refractivity contribution in [1.29, 1.82) is 0 Å². The lowest BCUT2D eigenvalue weighted by atomic mass is 9.99. The Morgan fingerprint density at radius 3 is 2.80 bits per heavy atom. The van der Waals surface area contributed by atoms with Gasteiger partial charge in [-0.3, -0.25) is 0 Å². The van der Waals surface area contributed by atoms with Gasteiger partial charge < -0.3 is 5.32 Å². The van der Waals surface area contributed by atoms with Crippen LogP contribution < -0.4 is 5.32 Å². The summed E-state index contributed by atoms with van der Waals surface area (Å²) in [4.78, 5) is 0. The first-order valence-corrected chi connectivity index (χ1v) is 6.11. The third-order valence-electron chi connectivity index (χ3n) is 3.15. The van der Waals surface area contributed by atoms with Gasteiger partial charge in [-0.1, -0.05) is 44.5 Å². The molecule has 2 rings (SSSR count). The lowest BCUT2D eigenvalue weighted by Crippen LogP contribution is -2.28. The molecule has 0 unspecified atom stereocenters. The summed E-state index contributed by atoms with van der Waals surface area (Å²) >= 11 is 0. The van der Waals surface area contributed by atoms with Gasteiger partial charge in [-0.2, -0.15) is 0 Å². The minimum Gasteiger partial charge on any atom is -0.308 e. The summed E-state index contributed by atoms with van der Waals surface area (Å²) in [5.74, 6) is 0. The zero-order valence-corrected chi connectivity index (χ0v) is 9.79. The van der Waals surface area contributed by atoms with Crippen LogP contribution in [0.4, 0.5) is 0 Å². The van der Waals surface area contributed by atoms with Crippen LogP contribution in [-0.4, -0.2) is 6.04 Å². The Balaban J connectivity index is 2.24. The van der Waals surface area contributed by atoms with E-state index in [1.54, 1.807) is 5.56 Å². The number of rotatable bonds is 2. The van der Waals surface area contributed by atoms with Crippen LogP contribution in [0, 0.1) is 0 Å². The van der Waals surface area contributed by atoms with E-state index in [4.69, 9.17) is 0 Å². The van der Waals surface area contributed by atoms with E-state index in [1.165, 1.54) is 31.2 Å². The fraction of sp³-hybridized carbons (Fsp3) is 0.571. The molecule has 0 saturated heterocycles. The Labute approximate surface area is 92.9 Å². The average molecular weight is 203 g/mol. The SMILES string of the molecule is CC(C)N[C@@H]1CCCCc2ccccc21. The summed E-state index contributed by atoms with van der Waals surface area (Å²) in [6.07, 6.45) is 5.23. The maximum atomic E-state index is 3.68. The second-order valence-electron chi connectivity index (χ2n) is 4.82. The van der Waals surface area contributed by atoms with Crippen molar-refractivity contribution in [3.63, 3.8) is 0 Å². The van der Waals surface area contributed by atoms with Crippen molar-refractivity contribution in [2.45, 2.75) is 51.6 Å². The molecule has 1 aliphatic carbocycles. The van der Waals surface area contributed by atoms with Gasteiger partial charge in [-0.05, 0) is 30.4 Å². The number of nitrogens with one attached hydrogen (secondary N) is 1. The molecule has 1 atom stereocenters. The van der Waals surface area contributed by atoms with Crippen LogP contribution in [0.5, 0.6) is 0 Å². The topological polar surface area (TPSA) is 12.0 Å². The molecule has 82 valence electrons. The highest BCUT2D eigenvalue weighted by Crippen LogP contribution is 2.28. The van der Waals surface area contributed by atoms with Crippen molar-refractivity contribution >= 4 is 0 Å². The summed E-state index contributed by atoms with van der Waals surface area (Å²) in [5, 5.41) is 3.68. The van der Waals surface area contributed by atoms with Crippen LogP contribution >= 0.6 is 0 Å². The van der Waals surface area contributed by atoms with Crippen molar-refractivity contribution in [2.75, 3.05) is 0 Å². The predicted molar refractivity (Wildman–Crippen MR) is 65.0 cm³/mol.